The lowest BCUT2D eigenvalue weighted by atomic mass is 10.1. The lowest BCUT2D eigenvalue weighted by molar-refractivity contribution is 0.265. The highest BCUT2D eigenvalue weighted by Gasteiger charge is 2.13. The van der Waals surface area contributed by atoms with Crippen molar-refractivity contribution < 1.29 is 0 Å². The molecule has 0 amide bonds. The van der Waals surface area contributed by atoms with Gasteiger partial charge in [0.2, 0.25) is 0 Å². The zero-order chi connectivity index (χ0) is 20.2. The van der Waals surface area contributed by atoms with Crippen molar-refractivity contribution in [2.24, 2.45) is 0 Å². The van der Waals surface area contributed by atoms with Crippen molar-refractivity contribution in [2.75, 3.05) is 32.7 Å². The van der Waals surface area contributed by atoms with E-state index in [2.05, 4.69) is 78.0 Å². The van der Waals surface area contributed by atoms with Gasteiger partial charge in [0.05, 0.1) is 6.54 Å². The molecule has 0 unspecified atom stereocenters. The zero-order valence-corrected chi connectivity index (χ0v) is 17.8. The molecule has 1 fully saturated rings. The monoisotopic (exact) mass is 389 g/mol. The Morgan fingerprint density at radius 3 is 2.55 bits per heavy atom. The van der Waals surface area contributed by atoms with Crippen LogP contribution in [0.4, 0.5) is 0 Å². The van der Waals surface area contributed by atoms with E-state index in [1.54, 1.807) is 0 Å². The third kappa shape index (κ3) is 4.57. The number of fused-ring (bicyclic) bond motifs is 1. The number of piperazine rings is 1. The number of nitrogens with zero attached hydrogens (tertiary/aromatic N) is 4. The van der Waals surface area contributed by atoms with E-state index in [0.29, 0.717) is 0 Å². The number of hydrogen-bond acceptors (Lipinski definition) is 4. The number of imidazole rings is 1. The smallest absolute Gasteiger partial charge is 0.160 e. The summed E-state index contributed by atoms with van der Waals surface area (Å²) >= 11 is 0. The number of pyridine rings is 1. The second-order valence-electron chi connectivity index (χ2n) is 7.92. The van der Waals surface area contributed by atoms with Crippen LogP contribution in [0.1, 0.15) is 35.1 Å². The van der Waals surface area contributed by atoms with Crippen LogP contribution >= 0.6 is 0 Å². The number of aromatic nitrogens is 3. The Bertz CT molecular complexity index is 994. The molecule has 0 bridgehead atoms. The molecule has 1 aliphatic heterocycles. The zero-order valence-electron chi connectivity index (χ0n) is 17.8. The summed E-state index contributed by atoms with van der Waals surface area (Å²) in [5.74, 6) is 1.10. The maximum absolute atomic E-state index is 4.85. The Hall–Kier alpha value is -2.50. The number of nitrogens with one attached hydrogen (secondary N) is 1. The summed E-state index contributed by atoms with van der Waals surface area (Å²) in [6, 6.07) is 11.0. The summed E-state index contributed by atoms with van der Waals surface area (Å²) in [5.41, 5.74) is 6.80. The molecule has 1 N–H and O–H groups in total. The van der Waals surface area contributed by atoms with Crippen LogP contribution in [-0.4, -0.2) is 52.2 Å². The van der Waals surface area contributed by atoms with Gasteiger partial charge < -0.3 is 9.88 Å². The second kappa shape index (κ2) is 8.89. The van der Waals surface area contributed by atoms with Crippen molar-refractivity contribution >= 4 is 17.2 Å². The molecule has 1 aliphatic rings. The van der Waals surface area contributed by atoms with E-state index in [1.807, 2.05) is 0 Å². The predicted octanol–water partition coefficient (Wildman–Crippen LogP) is 3.58. The van der Waals surface area contributed by atoms with Crippen molar-refractivity contribution in [3.05, 3.63) is 64.6 Å². The van der Waals surface area contributed by atoms with Crippen LogP contribution in [0.25, 0.3) is 17.2 Å². The lowest BCUT2D eigenvalue weighted by Gasteiger charge is -2.25. The van der Waals surface area contributed by atoms with Gasteiger partial charge in [-0.2, -0.15) is 0 Å². The van der Waals surface area contributed by atoms with Crippen LogP contribution < -0.4 is 5.32 Å². The normalized spacial score (nSPS) is 15.6. The summed E-state index contributed by atoms with van der Waals surface area (Å²) < 4.78 is 2.27. The van der Waals surface area contributed by atoms with Crippen molar-refractivity contribution in [3.8, 4) is 0 Å². The molecule has 3 aromatic rings. The van der Waals surface area contributed by atoms with Crippen LogP contribution in [0.3, 0.4) is 0 Å². The molecular formula is C24H31N5. The molecule has 0 saturated carbocycles. The molecule has 5 nitrogen and oxygen atoms in total. The Morgan fingerprint density at radius 2 is 1.83 bits per heavy atom. The van der Waals surface area contributed by atoms with Gasteiger partial charge in [0.15, 0.2) is 5.65 Å². The van der Waals surface area contributed by atoms with E-state index in [9.17, 15) is 0 Å². The molecule has 4 rings (SSSR count). The van der Waals surface area contributed by atoms with E-state index < -0.39 is 0 Å². The van der Waals surface area contributed by atoms with Crippen LogP contribution in [-0.2, 0) is 13.0 Å². The molecule has 2 aromatic heterocycles. The summed E-state index contributed by atoms with van der Waals surface area (Å²) in [4.78, 5) is 12.1. The van der Waals surface area contributed by atoms with E-state index >= 15 is 0 Å². The van der Waals surface area contributed by atoms with Gasteiger partial charge in [0.1, 0.15) is 11.3 Å². The van der Waals surface area contributed by atoms with E-state index in [1.165, 1.54) is 16.7 Å². The highest BCUT2D eigenvalue weighted by molar-refractivity contribution is 5.76. The van der Waals surface area contributed by atoms with Gasteiger partial charge >= 0.3 is 0 Å². The molecule has 152 valence electrons. The van der Waals surface area contributed by atoms with Crippen molar-refractivity contribution in [1.29, 1.82) is 0 Å². The average Bonchev–Trinajstić information content (AvgIpc) is 3.08. The second-order valence-corrected chi connectivity index (χ2v) is 7.92. The SMILES string of the molecule is CCc1nc2c(C)cc(C)nc2n1Cc1ccc(C=CCN2CCNCC2)cc1. The third-order valence-electron chi connectivity index (χ3n) is 5.62. The Balaban J connectivity index is 1.49. The topological polar surface area (TPSA) is 46.0 Å². The maximum atomic E-state index is 4.85. The van der Waals surface area contributed by atoms with Gasteiger partial charge in [0, 0.05) is 44.8 Å². The molecule has 0 radical (unpaired) electrons. The first-order valence-corrected chi connectivity index (χ1v) is 10.7. The fourth-order valence-corrected chi connectivity index (χ4v) is 4.03. The lowest BCUT2D eigenvalue weighted by Crippen LogP contribution is -2.43. The highest BCUT2D eigenvalue weighted by Crippen LogP contribution is 2.21. The average molecular weight is 390 g/mol. The number of hydrogen-bond donors (Lipinski definition) is 1. The minimum atomic E-state index is 0.806. The first-order valence-electron chi connectivity index (χ1n) is 10.7. The molecule has 3 heterocycles. The first kappa shape index (κ1) is 19.8. The van der Waals surface area contributed by atoms with Crippen LogP contribution in [0, 0.1) is 13.8 Å². The maximum Gasteiger partial charge on any atom is 0.160 e. The van der Waals surface area contributed by atoms with Gasteiger partial charge in [-0.05, 0) is 36.6 Å². The quantitative estimate of drug-likeness (QED) is 0.700. The Labute approximate surface area is 173 Å². The predicted molar refractivity (Wildman–Crippen MR) is 120 cm³/mol. The van der Waals surface area contributed by atoms with Gasteiger partial charge in [-0.25, -0.2) is 9.97 Å². The highest BCUT2D eigenvalue weighted by atomic mass is 15.2. The molecular weight excluding hydrogens is 358 g/mol. The van der Waals surface area contributed by atoms with E-state index in [-0.39, 0.29) is 0 Å². The van der Waals surface area contributed by atoms with Crippen molar-refractivity contribution in [1.82, 2.24) is 24.8 Å². The van der Waals surface area contributed by atoms with Crippen molar-refractivity contribution in [2.45, 2.75) is 33.7 Å². The largest absolute Gasteiger partial charge is 0.314 e. The van der Waals surface area contributed by atoms with Crippen molar-refractivity contribution in [3.63, 3.8) is 0 Å². The molecule has 5 heteroatoms. The number of aryl methyl sites for hydroxylation is 3. The molecule has 0 atom stereocenters. The van der Waals surface area contributed by atoms with Gasteiger partial charge in [-0.1, -0.05) is 43.3 Å². The molecule has 1 aromatic carbocycles. The first-order chi connectivity index (χ1) is 14.1. The molecule has 0 aliphatic carbocycles. The molecule has 29 heavy (non-hydrogen) atoms. The fraction of sp³-hybridized carbons (Fsp3) is 0.417. The summed E-state index contributed by atoms with van der Waals surface area (Å²) in [6.45, 7) is 12.6. The minimum absolute atomic E-state index is 0.806. The van der Waals surface area contributed by atoms with Gasteiger partial charge in [0.25, 0.3) is 0 Å². The van der Waals surface area contributed by atoms with E-state index in [4.69, 9.17) is 9.97 Å². The third-order valence-corrected chi connectivity index (χ3v) is 5.62. The summed E-state index contributed by atoms with van der Waals surface area (Å²) in [6.07, 6.45) is 5.40. The minimum Gasteiger partial charge on any atom is -0.314 e. The number of benzene rings is 1. The Morgan fingerprint density at radius 1 is 1.07 bits per heavy atom. The molecule has 1 saturated heterocycles. The summed E-state index contributed by atoms with van der Waals surface area (Å²) in [7, 11) is 0. The van der Waals surface area contributed by atoms with Crippen LogP contribution in [0.15, 0.2) is 36.4 Å². The summed E-state index contributed by atoms with van der Waals surface area (Å²) in [5, 5.41) is 3.40. The Kier molecular flexibility index (Phi) is 6.07. The van der Waals surface area contributed by atoms with Crippen LogP contribution in [0.5, 0.6) is 0 Å². The van der Waals surface area contributed by atoms with Gasteiger partial charge in [-0.3, -0.25) is 4.90 Å². The standard InChI is InChI=1S/C24H31N5/c1-4-22-27-23-18(2)16-19(3)26-24(23)29(22)17-21-9-7-20(8-10-21)6-5-13-28-14-11-25-12-15-28/h5-10,16,25H,4,11-15,17H2,1-3H3. The molecule has 0 spiro atoms. The van der Waals surface area contributed by atoms with E-state index in [0.717, 1.165) is 68.4 Å². The fourth-order valence-electron chi connectivity index (χ4n) is 4.03. The number of rotatable bonds is 6. The van der Waals surface area contributed by atoms with Crippen LogP contribution in [0.2, 0.25) is 0 Å². The van der Waals surface area contributed by atoms with Gasteiger partial charge in [-0.15, -0.1) is 0 Å².